The highest BCUT2D eigenvalue weighted by Gasteiger charge is 2.32. The largest absolute Gasteiger partial charge is 0.497 e. The Hall–Kier alpha value is -3.72. The predicted molar refractivity (Wildman–Crippen MR) is 136 cm³/mol. The molecule has 1 amide bonds. The molecular weight excluding hydrogens is 464 g/mol. The monoisotopic (exact) mass is 490 g/mol. The third kappa shape index (κ3) is 4.39. The quantitative estimate of drug-likeness (QED) is 0.447. The molecule has 180 valence electrons. The Bertz CT molecular complexity index is 1540. The average Bonchev–Trinajstić information content (AvgIpc) is 3.38. The first-order chi connectivity index (χ1) is 16.8. The number of hydrogen-bond donors (Lipinski definition) is 1. The number of fused-ring (bicyclic) bond motifs is 1. The van der Waals surface area contributed by atoms with Crippen molar-refractivity contribution >= 4 is 32.5 Å². The average molecular weight is 491 g/mol. The SMILES string of the molecule is COc1ccc(-c2cc(C(=O)Nc3ccccc3C)c3c(C)nn(C4CCS(=O)(=O)C4)c3n2)cc1. The molecule has 8 nitrogen and oxygen atoms in total. The number of amides is 1. The van der Waals surface area contributed by atoms with Gasteiger partial charge in [0.1, 0.15) is 5.75 Å². The lowest BCUT2D eigenvalue weighted by Crippen LogP contribution is -2.15. The van der Waals surface area contributed by atoms with E-state index in [-0.39, 0.29) is 23.5 Å². The van der Waals surface area contributed by atoms with E-state index in [0.717, 1.165) is 16.8 Å². The van der Waals surface area contributed by atoms with Crippen molar-refractivity contribution in [3.05, 3.63) is 71.4 Å². The summed E-state index contributed by atoms with van der Waals surface area (Å²) in [6.45, 7) is 3.76. The van der Waals surface area contributed by atoms with Gasteiger partial charge >= 0.3 is 0 Å². The normalized spacial score (nSPS) is 16.9. The first-order valence-electron chi connectivity index (χ1n) is 11.4. The number of methoxy groups -OCH3 is 1. The second kappa shape index (κ2) is 8.81. The number of benzene rings is 2. The number of carbonyl (C=O) groups excluding carboxylic acids is 1. The number of aryl methyl sites for hydroxylation is 2. The molecule has 1 aliphatic heterocycles. The highest BCUT2D eigenvalue weighted by atomic mass is 32.2. The van der Waals surface area contributed by atoms with E-state index in [1.54, 1.807) is 17.9 Å². The third-order valence-corrected chi connectivity index (χ3v) is 8.17. The zero-order valence-electron chi connectivity index (χ0n) is 19.8. The lowest BCUT2D eigenvalue weighted by molar-refractivity contribution is 0.102. The Morgan fingerprint density at radius 2 is 1.86 bits per heavy atom. The topological polar surface area (TPSA) is 103 Å². The van der Waals surface area contributed by atoms with Gasteiger partial charge in [0.05, 0.1) is 47.0 Å². The maximum absolute atomic E-state index is 13.6. The smallest absolute Gasteiger partial charge is 0.256 e. The molecule has 9 heteroatoms. The van der Waals surface area contributed by atoms with E-state index in [2.05, 4.69) is 10.4 Å². The van der Waals surface area contributed by atoms with Gasteiger partial charge in [-0.1, -0.05) is 18.2 Å². The number of carbonyl (C=O) groups is 1. The molecule has 1 aliphatic rings. The predicted octanol–water partition coefficient (Wildman–Crippen LogP) is 4.34. The zero-order chi connectivity index (χ0) is 24.7. The maximum atomic E-state index is 13.6. The minimum Gasteiger partial charge on any atom is -0.497 e. The molecular formula is C26H26N4O4S. The van der Waals surface area contributed by atoms with Crippen LogP contribution < -0.4 is 10.1 Å². The molecule has 0 radical (unpaired) electrons. The summed E-state index contributed by atoms with van der Waals surface area (Å²) in [4.78, 5) is 18.4. The number of pyridine rings is 1. The first kappa shape index (κ1) is 23.0. The number of nitrogens with zero attached hydrogens (tertiary/aromatic N) is 3. The molecule has 0 bridgehead atoms. The van der Waals surface area contributed by atoms with Crippen molar-refractivity contribution in [2.24, 2.45) is 0 Å². The van der Waals surface area contributed by atoms with E-state index < -0.39 is 9.84 Å². The first-order valence-corrected chi connectivity index (χ1v) is 13.2. The molecule has 1 saturated heterocycles. The molecule has 4 aromatic rings. The summed E-state index contributed by atoms with van der Waals surface area (Å²) < 4.78 is 31.3. The van der Waals surface area contributed by atoms with E-state index >= 15 is 0 Å². The van der Waals surface area contributed by atoms with Gasteiger partial charge in [-0.2, -0.15) is 5.10 Å². The van der Waals surface area contributed by atoms with Gasteiger partial charge in [-0.15, -0.1) is 0 Å². The molecule has 1 fully saturated rings. The molecule has 0 aliphatic carbocycles. The van der Waals surface area contributed by atoms with Crippen molar-refractivity contribution < 1.29 is 17.9 Å². The number of ether oxygens (including phenoxy) is 1. The highest BCUT2D eigenvalue weighted by Crippen LogP contribution is 2.33. The Morgan fingerprint density at radius 1 is 1.11 bits per heavy atom. The zero-order valence-corrected chi connectivity index (χ0v) is 20.6. The van der Waals surface area contributed by atoms with E-state index in [0.29, 0.717) is 40.2 Å². The van der Waals surface area contributed by atoms with Gasteiger partial charge in [0.25, 0.3) is 5.91 Å². The van der Waals surface area contributed by atoms with Gasteiger partial charge in [-0.3, -0.25) is 4.79 Å². The second-order valence-corrected chi connectivity index (χ2v) is 11.1. The van der Waals surface area contributed by atoms with Crippen LogP contribution in [0.1, 0.15) is 34.1 Å². The standard InChI is InChI=1S/C26H26N4O4S/c1-16-6-4-5-7-22(16)28-26(31)21-14-23(18-8-10-20(34-3)11-9-18)27-25-24(21)17(2)29-30(25)19-12-13-35(32,33)15-19/h4-11,14,19H,12-13,15H2,1-3H3,(H,28,31). The number of para-hydroxylation sites is 1. The molecule has 5 rings (SSSR count). The summed E-state index contributed by atoms with van der Waals surface area (Å²) >= 11 is 0. The van der Waals surface area contributed by atoms with Crippen LogP contribution >= 0.6 is 0 Å². The van der Waals surface area contributed by atoms with Gasteiger partial charge in [-0.25, -0.2) is 18.1 Å². The molecule has 3 heterocycles. The fourth-order valence-electron chi connectivity index (χ4n) is 4.53. The lowest BCUT2D eigenvalue weighted by Gasteiger charge is -2.13. The molecule has 2 aromatic carbocycles. The van der Waals surface area contributed by atoms with Crippen molar-refractivity contribution in [2.45, 2.75) is 26.3 Å². The number of sulfone groups is 1. The molecule has 1 unspecified atom stereocenters. The van der Waals surface area contributed by atoms with Crippen LogP contribution in [-0.4, -0.2) is 47.7 Å². The number of anilines is 1. The van der Waals surface area contributed by atoms with Gasteiger partial charge < -0.3 is 10.1 Å². The summed E-state index contributed by atoms with van der Waals surface area (Å²) in [7, 11) is -1.53. The van der Waals surface area contributed by atoms with E-state index in [1.807, 2.05) is 62.4 Å². The van der Waals surface area contributed by atoms with Gasteiger partial charge in [0.15, 0.2) is 15.5 Å². The Labute approximate surface area is 203 Å². The summed E-state index contributed by atoms with van der Waals surface area (Å²) in [6, 6.07) is 16.5. The van der Waals surface area contributed by atoms with Crippen LogP contribution in [0.3, 0.4) is 0 Å². The van der Waals surface area contributed by atoms with Crippen LogP contribution in [0, 0.1) is 13.8 Å². The molecule has 35 heavy (non-hydrogen) atoms. The molecule has 1 N–H and O–H groups in total. The lowest BCUT2D eigenvalue weighted by atomic mass is 10.0. The van der Waals surface area contributed by atoms with Crippen LogP contribution in [0.4, 0.5) is 5.69 Å². The molecule has 2 aromatic heterocycles. The Kier molecular flexibility index (Phi) is 5.80. The van der Waals surface area contributed by atoms with Crippen molar-refractivity contribution in [3.8, 4) is 17.0 Å². The van der Waals surface area contributed by atoms with Crippen LogP contribution in [0.5, 0.6) is 5.75 Å². The van der Waals surface area contributed by atoms with Crippen LogP contribution in [0.15, 0.2) is 54.6 Å². The van der Waals surface area contributed by atoms with E-state index in [9.17, 15) is 13.2 Å². The maximum Gasteiger partial charge on any atom is 0.256 e. The van der Waals surface area contributed by atoms with Gasteiger partial charge in [-0.05, 0) is 62.2 Å². The highest BCUT2D eigenvalue weighted by molar-refractivity contribution is 7.91. The second-order valence-electron chi connectivity index (χ2n) is 8.84. The number of rotatable bonds is 5. The van der Waals surface area contributed by atoms with Crippen LogP contribution in [0.2, 0.25) is 0 Å². The minimum atomic E-state index is -3.13. The Balaban J connectivity index is 1.68. The molecule has 0 spiro atoms. The number of nitrogens with one attached hydrogen (secondary N) is 1. The van der Waals surface area contributed by atoms with Crippen molar-refractivity contribution in [1.82, 2.24) is 14.8 Å². The summed E-state index contributed by atoms with van der Waals surface area (Å²) in [5, 5.41) is 8.29. The fraction of sp³-hybridized carbons (Fsp3) is 0.269. The van der Waals surface area contributed by atoms with E-state index in [4.69, 9.17) is 9.72 Å². The summed E-state index contributed by atoms with van der Waals surface area (Å²) in [5.74, 6) is 0.576. The van der Waals surface area contributed by atoms with Crippen LogP contribution in [0.25, 0.3) is 22.3 Å². The van der Waals surface area contributed by atoms with Gasteiger partial charge in [0, 0.05) is 11.3 Å². The van der Waals surface area contributed by atoms with Crippen molar-refractivity contribution in [1.29, 1.82) is 0 Å². The van der Waals surface area contributed by atoms with Crippen LogP contribution in [-0.2, 0) is 9.84 Å². The van der Waals surface area contributed by atoms with Gasteiger partial charge in [0.2, 0.25) is 0 Å². The number of aromatic nitrogens is 3. The minimum absolute atomic E-state index is 0.0163. The number of hydrogen-bond acceptors (Lipinski definition) is 6. The third-order valence-electron chi connectivity index (χ3n) is 6.41. The molecule has 1 atom stereocenters. The van der Waals surface area contributed by atoms with Crippen molar-refractivity contribution in [3.63, 3.8) is 0 Å². The fourth-order valence-corrected chi connectivity index (χ4v) is 6.22. The summed E-state index contributed by atoms with van der Waals surface area (Å²) in [5.41, 5.74) is 4.65. The molecule has 0 saturated carbocycles. The van der Waals surface area contributed by atoms with Crippen molar-refractivity contribution in [2.75, 3.05) is 23.9 Å². The van der Waals surface area contributed by atoms with E-state index in [1.165, 1.54) is 0 Å². The summed E-state index contributed by atoms with van der Waals surface area (Å²) in [6.07, 6.45) is 0.470. The Morgan fingerprint density at radius 3 is 2.51 bits per heavy atom.